The average Bonchev–Trinajstić information content (AvgIpc) is 2.17. The molecule has 1 N–H and O–H groups in total. The van der Waals surface area contributed by atoms with Gasteiger partial charge in [0.25, 0.3) is 0 Å². The summed E-state index contributed by atoms with van der Waals surface area (Å²) in [5, 5.41) is 2.91. The van der Waals surface area contributed by atoms with Gasteiger partial charge in [-0.15, -0.1) is 0 Å². The lowest BCUT2D eigenvalue weighted by atomic mass is 10.1. The van der Waals surface area contributed by atoms with E-state index < -0.39 is 0 Å². The zero-order chi connectivity index (χ0) is 11.3. The molecule has 4 nitrogen and oxygen atoms in total. The standard InChI is InChI=1S/C11H22N2O2/c1-4-13-7-5-10(6-8-13)12-11(14)15-9(2)3/h9-10H,4-8H2,1-3H3,(H,12,14). The van der Waals surface area contributed by atoms with Crippen LogP contribution in [-0.2, 0) is 4.74 Å². The Morgan fingerprint density at radius 3 is 2.53 bits per heavy atom. The van der Waals surface area contributed by atoms with Crippen molar-refractivity contribution in [2.24, 2.45) is 0 Å². The molecule has 1 fully saturated rings. The van der Waals surface area contributed by atoms with Gasteiger partial charge in [0.15, 0.2) is 0 Å². The number of carbonyl (C=O) groups excluding carboxylic acids is 1. The maximum atomic E-state index is 11.3. The smallest absolute Gasteiger partial charge is 0.407 e. The van der Waals surface area contributed by atoms with Crippen LogP contribution < -0.4 is 5.32 Å². The van der Waals surface area contributed by atoms with Crippen molar-refractivity contribution in [2.75, 3.05) is 19.6 Å². The average molecular weight is 214 g/mol. The lowest BCUT2D eigenvalue weighted by Crippen LogP contribution is -2.45. The molecule has 0 bridgehead atoms. The van der Waals surface area contributed by atoms with E-state index in [2.05, 4.69) is 17.1 Å². The molecule has 1 saturated heterocycles. The van der Waals surface area contributed by atoms with Crippen LogP contribution in [0.2, 0.25) is 0 Å². The third-order valence-electron chi connectivity index (χ3n) is 2.70. The van der Waals surface area contributed by atoms with E-state index in [4.69, 9.17) is 4.74 Å². The highest BCUT2D eigenvalue weighted by Crippen LogP contribution is 2.09. The molecule has 1 heterocycles. The fraction of sp³-hybridized carbons (Fsp3) is 0.909. The Labute approximate surface area is 92.0 Å². The summed E-state index contributed by atoms with van der Waals surface area (Å²) in [6.45, 7) is 9.13. The Hall–Kier alpha value is -0.770. The first-order valence-corrected chi connectivity index (χ1v) is 5.81. The maximum absolute atomic E-state index is 11.3. The quantitative estimate of drug-likeness (QED) is 0.776. The molecular weight excluding hydrogens is 192 g/mol. The molecule has 0 radical (unpaired) electrons. The van der Waals surface area contributed by atoms with Gasteiger partial charge in [0.1, 0.15) is 0 Å². The Kier molecular flexibility index (Phi) is 4.88. The monoisotopic (exact) mass is 214 g/mol. The molecule has 1 rings (SSSR count). The minimum absolute atomic E-state index is 0.0410. The highest BCUT2D eigenvalue weighted by atomic mass is 16.6. The van der Waals surface area contributed by atoms with Crippen molar-refractivity contribution in [2.45, 2.75) is 45.8 Å². The number of hydrogen-bond acceptors (Lipinski definition) is 3. The van der Waals surface area contributed by atoms with Gasteiger partial charge in [-0.3, -0.25) is 0 Å². The molecule has 4 heteroatoms. The molecule has 0 unspecified atom stereocenters. The summed E-state index contributed by atoms with van der Waals surface area (Å²) in [7, 11) is 0. The minimum atomic E-state index is -0.278. The molecule has 0 aliphatic carbocycles. The van der Waals surface area contributed by atoms with E-state index in [1.807, 2.05) is 13.8 Å². The summed E-state index contributed by atoms with van der Waals surface area (Å²) in [6, 6.07) is 0.291. The molecule has 0 aromatic heterocycles. The van der Waals surface area contributed by atoms with E-state index in [0.717, 1.165) is 32.5 Å². The first-order valence-electron chi connectivity index (χ1n) is 5.81. The van der Waals surface area contributed by atoms with Crippen LogP contribution in [0.4, 0.5) is 4.79 Å². The molecule has 1 aliphatic rings. The van der Waals surface area contributed by atoms with Gasteiger partial charge >= 0.3 is 6.09 Å². The Morgan fingerprint density at radius 2 is 2.07 bits per heavy atom. The molecule has 1 amide bonds. The Bertz CT molecular complexity index is 199. The molecule has 0 aromatic rings. The summed E-state index contributed by atoms with van der Waals surface area (Å²) >= 11 is 0. The summed E-state index contributed by atoms with van der Waals surface area (Å²) in [5.41, 5.74) is 0. The van der Waals surface area contributed by atoms with E-state index in [1.165, 1.54) is 0 Å². The lowest BCUT2D eigenvalue weighted by Gasteiger charge is -2.31. The zero-order valence-electron chi connectivity index (χ0n) is 9.95. The van der Waals surface area contributed by atoms with E-state index in [-0.39, 0.29) is 12.2 Å². The largest absolute Gasteiger partial charge is 0.447 e. The van der Waals surface area contributed by atoms with Crippen molar-refractivity contribution >= 4 is 6.09 Å². The van der Waals surface area contributed by atoms with E-state index in [0.29, 0.717) is 6.04 Å². The van der Waals surface area contributed by atoms with Crippen molar-refractivity contribution in [3.8, 4) is 0 Å². The van der Waals surface area contributed by atoms with Gasteiger partial charge in [-0.25, -0.2) is 4.79 Å². The molecule has 0 atom stereocenters. The number of nitrogens with zero attached hydrogens (tertiary/aromatic N) is 1. The number of nitrogens with one attached hydrogen (secondary N) is 1. The van der Waals surface area contributed by atoms with Gasteiger partial charge in [0.05, 0.1) is 6.10 Å². The number of ether oxygens (including phenoxy) is 1. The third-order valence-corrected chi connectivity index (χ3v) is 2.70. The predicted molar refractivity (Wildman–Crippen MR) is 59.9 cm³/mol. The Balaban J connectivity index is 2.20. The molecule has 0 spiro atoms. The van der Waals surface area contributed by atoms with E-state index in [1.54, 1.807) is 0 Å². The van der Waals surface area contributed by atoms with Gasteiger partial charge in [-0.1, -0.05) is 6.92 Å². The van der Waals surface area contributed by atoms with Crippen molar-refractivity contribution in [1.29, 1.82) is 0 Å². The van der Waals surface area contributed by atoms with Gasteiger partial charge in [0.2, 0.25) is 0 Å². The van der Waals surface area contributed by atoms with Gasteiger partial charge in [-0.2, -0.15) is 0 Å². The number of piperidine rings is 1. The van der Waals surface area contributed by atoms with Gasteiger partial charge in [-0.05, 0) is 33.2 Å². The first-order chi connectivity index (χ1) is 7.11. The summed E-state index contributed by atoms with van der Waals surface area (Å²) < 4.78 is 5.04. The number of likely N-dealkylation sites (tertiary alicyclic amines) is 1. The number of rotatable bonds is 3. The molecule has 15 heavy (non-hydrogen) atoms. The second kappa shape index (κ2) is 5.95. The van der Waals surface area contributed by atoms with Gasteiger partial charge < -0.3 is 15.0 Å². The summed E-state index contributed by atoms with van der Waals surface area (Å²) in [4.78, 5) is 13.7. The molecule has 1 aliphatic heterocycles. The maximum Gasteiger partial charge on any atom is 0.407 e. The van der Waals surface area contributed by atoms with E-state index >= 15 is 0 Å². The second-order valence-corrected chi connectivity index (χ2v) is 4.31. The van der Waals surface area contributed by atoms with Crippen molar-refractivity contribution in [3.63, 3.8) is 0 Å². The van der Waals surface area contributed by atoms with Crippen LogP contribution in [0.3, 0.4) is 0 Å². The predicted octanol–water partition coefficient (Wildman–Crippen LogP) is 1.61. The molecule has 88 valence electrons. The fourth-order valence-corrected chi connectivity index (χ4v) is 1.81. The highest BCUT2D eigenvalue weighted by Gasteiger charge is 2.20. The summed E-state index contributed by atoms with van der Waals surface area (Å²) in [6.07, 6.45) is 1.74. The van der Waals surface area contributed by atoms with E-state index in [9.17, 15) is 4.79 Å². The summed E-state index contributed by atoms with van der Waals surface area (Å²) in [5.74, 6) is 0. The number of hydrogen-bond donors (Lipinski definition) is 1. The second-order valence-electron chi connectivity index (χ2n) is 4.31. The molecule has 0 saturated carbocycles. The number of carbonyl (C=O) groups is 1. The van der Waals surface area contributed by atoms with Crippen LogP contribution in [0.1, 0.15) is 33.6 Å². The van der Waals surface area contributed by atoms with Gasteiger partial charge in [0, 0.05) is 19.1 Å². The lowest BCUT2D eigenvalue weighted by molar-refractivity contribution is 0.106. The number of alkyl carbamates (subject to hydrolysis) is 1. The Morgan fingerprint density at radius 1 is 1.47 bits per heavy atom. The van der Waals surface area contributed by atoms with Crippen molar-refractivity contribution in [3.05, 3.63) is 0 Å². The van der Waals surface area contributed by atoms with Crippen LogP contribution >= 0.6 is 0 Å². The highest BCUT2D eigenvalue weighted by molar-refractivity contribution is 5.67. The van der Waals surface area contributed by atoms with Crippen LogP contribution in [-0.4, -0.2) is 42.8 Å². The molecule has 0 aromatic carbocycles. The first kappa shape index (κ1) is 12.3. The minimum Gasteiger partial charge on any atom is -0.447 e. The van der Waals surface area contributed by atoms with Crippen LogP contribution in [0, 0.1) is 0 Å². The van der Waals surface area contributed by atoms with Crippen molar-refractivity contribution < 1.29 is 9.53 Å². The van der Waals surface area contributed by atoms with Crippen LogP contribution in [0.25, 0.3) is 0 Å². The number of amides is 1. The normalized spacial score (nSPS) is 19.2. The molecular formula is C11H22N2O2. The third kappa shape index (κ3) is 4.51. The van der Waals surface area contributed by atoms with Crippen LogP contribution in [0.5, 0.6) is 0 Å². The van der Waals surface area contributed by atoms with Crippen LogP contribution in [0.15, 0.2) is 0 Å². The topological polar surface area (TPSA) is 41.6 Å². The SMILES string of the molecule is CCN1CCC(NC(=O)OC(C)C)CC1. The van der Waals surface area contributed by atoms with Crippen molar-refractivity contribution in [1.82, 2.24) is 10.2 Å². The fourth-order valence-electron chi connectivity index (χ4n) is 1.81. The zero-order valence-corrected chi connectivity index (χ0v) is 9.95.